The summed E-state index contributed by atoms with van der Waals surface area (Å²) in [4.78, 5) is 78.0. The van der Waals surface area contributed by atoms with Gasteiger partial charge in [0, 0.05) is 42.9 Å². The quantitative estimate of drug-likeness (QED) is 0.115. The number of aliphatic carboxylic acids is 4. The summed E-state index contributed by atoms with van der Waals surface area (Å²) in [7, 11) is 0. The largest absolute Gasteiger partial charge is 0.481 e. The number of carbonyl (C=O) groups excluding carboxylic acids is 3. The molecule has 0 spiro atoms. The zero-order valence-corrected chi connectivity index (χ0v) is 38.9. The minimum Gasteiger partial charge on any atom is -0.481 e. The van der Waals surface area contributed by atoms with Crippen LogP contribution in [0, 0.1) is 0 Å². The fourth-order valence-corrected chi connectivity index (χ4v) is 7.40. The lowest BCUT2D eigenvalue weighted by molar-refractivity contribution is -0.150. The van der Waals surface area contributed by atoms with Gasteiger partial charge in [-0.05, 0) is 37.3 Å². The first-order valence-corrected chi connectivity index (χ1v) is 22.3. The highest BCUT2D eigenvalue weighted by molar-refractivity contribution is 8.00. The van der Waals surface area contributed by atoms with Crippen LogP contribution in [0.1, 0.15) is 155 Å². The highest BCUT2D eigenvalue weighted by Crippen LogP contribution is 2.41. The number of fused-ring (bicyclic) bond motifs is 2. The van der Waals surface area contributed by atoms with E-state index in [1.807, 2.05) is 81.1 Å². The maximum Gasteiger partial charge on any atom is 0.352 e. The molecule has 4 unspecified atom stereocenters. The van der Waals surface area contributed by atoms with Gasteiger partial charge in [-0.15, -0.1) is 23.5 Å². The monoisotopic (exact) mass is 852 g/mol. The first kappa shape index (κ1) is 62.6. The molecule has 0 saturated carbocycles. The third kappa shape index (κ3) is 22.8. The Morgan fingerprint density at radius 2 is 1.07 bits per heavy atom. The number of hydrogen-bond donors (Lipinski definition) is 6. The standard InChI is InChI=1S/C14H20N2O4S.C9H14N2OS.3C3H6O2.4C2H6/c1-3-5-8-7-21-13-10(15-9(17)6-4-2)12(18)16(13)11(8)14(19)20;1-3-6-4-13-9-7(10)8(12)11(9)5(6)2;3*1-2-3(4)5;4*1-2/h10,13H,3-7H2,1-2H3,(H,15,17)(H,19,20);7,9H,3-4,10H2,1-2H3;3*2H2,1H3,(H,4,5);4*1-2H3. The minimum absolute atomic E-state index is 0.0839. The van der Waals surface area contributed by atoms with E-state index in [4.69, 9.17) is 21.1 Å². The fraction of sp³-hybridized carbons (Fsp3) is 0.725. The lowest BCUT2D eigenvalue weighted by Crippen LogP contribution is -2.70. The molecule has 0 bridgehead atoms. The van der Waals surface area contributed by atoms with Gasteiger partial charge in [-0.1, -0.05) is 103 Å². The summed E-state index contributed by atoms with van der Waals surface area (Å²) in [6.45, 7) is 28.8. The Balaban J connectivity index is -0.000000214. The molecule has 4 aliphatic heterocycles. The van der Waals surface area contributed by atoms with Crippen LogP contribution >= 0.6 is 23.5 Å². The molecule has 0 aromatic heterocycles. The van der Waals surface area contributed by atoms with Gasteiger partial charge in [0.05, 0.1) is 0 Å². The molecule has 0 aromatic carbocycles. The number of carbonyl (C=O) groups is 7. The summed E-state index contributed by atoms with van der Waals surface area (Å²) >= 11 is 3.31. The Labute approximate surface area is 351 Å². The van der Waals surface area contributed by atoms with Gasteiger partial charge in [-0.25, -0.2) is 4.79 Å². The normalized spacial score (nSPS) is 18.9. The molecule has 3 amide bonds. The molecule has 2 fully saturated rings. The number of hydrogen-bond acceptors (Lipinski definition) is 10. The van der Waals surface area contributed by atoms with Crippen LogP contribution in [0.2, 0.25) is 0 Å². The number of amides is 3. The van der Waals surface area contributed by atoms with Crippen LogP contribution in [-0.4, -0.2) is 106 Å². The van der Waals surface area contributed by atoms with E-state index in [1.54, 1.807) is 32.5 Å². The van der Waals surface area contributed by atoms with E-state index >= 15 is 0 Å². The van der Waals surface area contributed by atoms with Gasteiger partial charge >= 0.3 is 23.9 Å². The lowest BCUT2D eigenvalue weighted by atomic mass is 10.0. The average Bonchev–Trinajstić information content (AvgIpc) is 3.23. The van der Waals surface area contributed by atoms with Crippen molar-refractivity contribution in [3.8, 4) is 0 Å². The first-order chi connectivity index (χ1) is 27.0. The number of nitrogens with zero attached hydrogens (tertiary/aromatic N) is 2. The van der Waals surface area contributed by atoms with E-state index in [2.05, 4.69) is 12.2 Å². The van der Waals surface area contributed by atoms with Gasteiger partial charge in [-0.2, -0.15) is 0 Å². The Bertz CT molecular complexity index is 1240. The van der Waals surface area contributed by atoms with Crippen LogP contribution in [0.15, 0.2) is 22.5 Å². The van der Waals surface area contributed by atoms with E-state index in [1.165, 1.54) is 22.2 Å². The van der Waals surface area contributed by atoms with E-state index in [-0.39, 0.29) is 59.5 Å². The number of nitrogens with two attached hydrogens (primary N) is 1. The van der Waals surface area contributed by atoms with Crippen LogP contribution in [0.5, 0.6) is 0 Å². The molecule has 2 saturated heterocycles. The maximum atomic E-state index is 12.2. The van der Waals surface area contributed by atoms with E-state index in [9.17, 15) is 38.7 Å². The number of nitrogens with one attached hydrogen (secondary N) is 1. The molecule has 7 N–H and O–H groups in total. The second kappa shape index (κ2) is 38.0. The van der Waals surface area contributed by atoms with Crippen molar-refractivity contribution in [1.82, 2.24) is 15.1 Å². The van der Waals surface area contributed by atoms with Gasteiger partial charge in [0.25, 0.3) is 5.91 Å². The number of carboxylic acids is 4. The van der Waals surface area contributed by atoms with Crippen LogP contribution in [0.3, 0.4) is 0 Å². The van der Waals surface area contributed by atoms with Crippen LogP contribution in [-0.2, 0) is 33.6 Å². The Morgan fingerprint density at radius 3 is 1.42 bits per heavy atom. The summed E-state index contributed by atoms with van der Waals surface area (Å²) in [5, 5.41) is 35.2. The van der Waals surface area contributed by atoms with Crippen molar-refractivity contribution in [1.29, 1.82) is 0 Å². The molecule has 0 aromatic rings. The molecular weight excluding hydrogens is 777 g/mol. The topological polar surface area (TPSA) is 245 Å². The number of carboxylic acid groups (broad SMARTS) is 4. The molecule has 4 rings (SSSR count). The van der Waals surface area contributed by atoms with Gasteiger partial charge in [-0.3, -0.25) is 33.7 Å². The SMILES string of the molecule is CC.CC.CC.CC.CCC(=O)O.CCC(=O)O.CCC(=O)O.CCC1=C(C)N2C(=O)C(N)C2SC1.CCCC(=O)NC1C(=O)N2C(C(=O)O)=C(CCC)CSC12. The average molecular weight is 853 g/mol. The highest BCUT2D eigenvalue weighted by atomic mass is 32.2. The molecule has 4 atom stereocenters. The van der Waals surface area contributed by atoms with Crippen LogP contribution in [0.25, 0.3) is 0 Å². The molecule has 0 aliphatic carbocycles. The van der Waals surface area contributed by atoms with Crippen LogP contribution in [0.4, 0.5) is 0 Å². The van der Waals surface area contributed by atoms with E-state index in [0.29, 0.717) is 18.6 Å². The van der Waals surface area contributed by atoms with E-state index < -0.39 is 29.9 Å². The summed E-state index contributed by atoms with van der Waals surface area (Å²) in [5.74, 6) is -2.05. The molecule has 15 nitrogen and oxygen atoms in total. The van der Waals surface area contributed by atoms with Crippen LogP contribution < -0.4 is 11.1 Å². The Kier molecular flexibility index (Phi) is 41.7. The van der Waals surface area contributed by atoms with Crippen molar-refractivity contribution in [2.24, 2.45) is 5.73 Å². The fourth-order valence-electron chi connectivity index (χ4n) is 4.49. The predicted molar refractivity (Wildman–Crippen MR) is 233 cm³/mol. The van der Waals surface area contributed by atoms with Crippen molar-refractivity contribution < 1.29 is 54.0 Å². The lowest BCUT2D eigenvalue weighted by Gasteiger charge is -2.49. The van der Waals surface area contributed by atoms with Crippen molar-refractivity contribution in [3.63, 3.8) is 0 Å². The summed E-state index contributed by atoms with van der Waals surface area (Å²) < 4.78 is 0. The summed E-state index contributed by atoms with van der Waals surface area (Å²) in [6, 6.07) is -0.857. The molecule has 4 heterocycles. The van der Waals surface area contributed by atoms with Gasteiger partial charge in [0.1, 0.15) is 28.5 Å². The zero-order valence-electron chi connectivity index (χ0n) is 37.3. The molecule has 4 aliphatic rings. The van der Waals surface area contributed by atoms with Gasteiger partial charge in [0.2, 0.25) is 11.8 Å². The van der Waals surface area contributed by atoms with Gasteiger partial charge < -0.3 is 36.4 Å². The molecular formula is C40H76N4O11S2. The zero-order chi connectivity index (χ0) is 46.0. The van der Waals surface area contributed by atoms with E-state index in [0.717, 1.165) is 36.3 Å². The number of β-lactam (4-membered cyclic amide) rings is 2. The number of rotatable bonds is 10. The second-order valence-electron chi connectivity index (χ2n) is 10.9. The molecule has 334 valence electrons. The maximum absolute atomic E-state index is 12.2. The van der Waals surface area contributed by atoms with Gasteiger partial charge in [0.15, 0.2) is 0 Å². The number of allylic oxidation sites excluding steroid dienone is 1. The summed E-state index contributed by atoms with van der Waals surface area (Å²) in [5.41, 5.74) is 9.13. The molecule has 17 heteroatoms. The Hall–Kier alpha value is -3.57. The third-order valence-electron chi connectivity index (χ3n) is 7.31. The minimum atomic E-state index is -1.06. The van der Waals surface area contributed by atoms with Crippen molar-refractivity contribution >= 4 is 65.1 Å². The predicted octanol–water partition coefficient (Wildman–Crippen LogP) is 7.79. The molecule has 57 heavy (non-hydrogen) atoms. The highest BCUT2D eigenvalue weighted by Gasteiger charge is 2.54. The summed E-state index contributed by atoms with van der Waals surface area (Å²) in [6.07, 6.45) is 4.32. The smallest absolute Gasteiger partial charge is 0.352 e. The molecule has 0 radical (unpaired) electrons. The number of thioether (sulfide) groups is 2. The second-order valence-corrected chi connectivity index (χ2v) is 13.1. The first-order valence-electron chi connectivity index (χ1n) is 20.2. The third-order valence-corrected chi connectivity index (χ3v) is 10.0. The van der Waals surface area contributed by atoms with Crippen molar-refractivity contribution in [3.05, 3.63) is 22.5 Å². The Morgan fingerprint density at radius 1 is 0.667 bits per heavy atom. The van der Waals surface area contributed by atoms with Crippen molar-refractivity contribution in [2.75, 3.05) is 11.5 Å². The van der Waals surface area contributed by atoms with Crippen molar-refractivity contribution in [2.45, 2.75) is 178 Å².